The van der Waals surface area contributed by atoms with Crippen molar-refractivity contribution in [3.63, 3.8) is 0 Å². The van der Waals surface area contributed by atoms with Gasteiger partial charge >= 0.3 is 0 Å². The third kappa shape index (κ3) is 8.02. The molecule has 5 aromatic carbocycles. The van der Waals surface area contributed by atoms with E-state index in [1.165, 1.54) is 0 Å². The minimum absolute atomic E-state index is 0.249. The minimum atomic E-state index is -0.872. The van der Waals surface area contributed by atoms with Gasteiger partial charge in [0.1, 0.15) is 6.17 Å². The van der Waals surface area contributed by atoms with Gasteiger partial charge in [-0.2, -0.15) is 0 Å². The van der Waals surface area contributed by atoms with Crippen LogP contribution >= 0.6 is 0 Å². The van der Waals surface area contributed by atoms with Gasteiger partial charge in [0.2, 0.25) is 11.8 Å². The summed E-state index contributed by atoms with van der Waals surface area (Å²) in [6.45, 7) is 2.67. The molecule has 0 saturated heterocycles. The maximum Gasteiger partial charge on any atom is 0.233 e. The number of benzene rings is 5. The van der Waals surface area contributed by atoms with Crippen molar-refractivity contribution in [1.29, 1.82) is 0 Å². The number of hydrogen-bond donors (Lipinski definition) is 2. The van der Waals surface area contributed by atoms with E-state index in [9.17, 15) is 9.59 Å². The Balaban J connectivity index is 1.53. The van der Waals surface area contributed by atoms with Gasteiger partial charge in [-0.25, -0.2) is 0 Å². The van der Waals surface area contributed by atoms with Gasteiger partial charge in [0.25, 0.3) is 0 Å². The fraction of sp³-hybridized carbons (Fsp3) is 0.200. The van der Waals surface area contributed by atoms with Crippen LogP contribution < -0.4 is 20.1 Å². The molecule has 0 bridgehead atoms. The first-order chi connectivity index (χ1) is 22.6. The van der Waals surface area contributed by atoms with E-state index >= 15 is 0 Å². The second kappa shape index (κ2) is 16.1. The van der Waals surface area contributed by atoms with Crippen LogP contribution in [0.25, 0.3) is 0 Å². The molecule has 0 spiro atoms. The van der Waals surface area contributed by atoms with E-state index in [0.717, 1.165) is 35.1 Å². The fourth-order valence-corrected chi connectivity index (χ4v) is 5.54. The average Bonchev–Trinajstić information content (AvgIpc) is 3.10. The predicted octanol–water partition coefficient (Wildman–Crippen LogP) is 7.77. The van der Waals surface area contributed by atoms with Crippen LogP contribution in [-0.4, -0.2) is 25.5 Å². The number of ether oxygens (including phenoxy) is 2. The second-order valence-corrected chi connectivity index (χ2v) is 11.1. The van der Waals surface area contributed by atoms with Gasteiger partial charge in [-0.15, -0.1) is 0 Å². The third-order valence-electron chi connectivity index (χ3n) is 7.91. The molecule has 5 rings (SSSR count). The minimum Gasteiger partial charge on any atom is -0.493 e. The van der Waals surface area contributed by atoms with Crippen LogP contribution in [0, 0.1) is 0 Å². The number of methoxy groups -OCH3 is 1. The Labute approximate surface area is 271 Å². The Kier molecular flexibility index (Phi) is 11.2. The normalized spacial score (nSPS) is 11.0. The Morgan fingerprint density at radius 3 is 1.35 bits per heavy atom. The van der Waals surface area contributed by atoms with Crippen LogP contribution in [0.1, 0.15) is 65.6 Å². The van der Waals surface area contributed by atoms with Crippen LogP contribution in [0.15, 0.2) is 140 Å². The van der Waals surface area contributed by atoms with E-state index in [-0.39, 0.29) is 11.8 Å². The number of rotatable bonds is 14. The molecule has 2 N–H and O–H groups in total. The van der Waals surface area contributed by atoms with Gasteiger partial charge in [-0.05, 0) is 46.4 Å². The molecule has 2 amide bonds. The molecular weight excluding hydrogens is 572 g/mol. The second-order valence-electron chi connectivity index (χ2n) is 11.1. The highest BCUT2D eigenvalue weighted by Crippen LogP contribution is 2.32. The molecule has 46 heavy (non-hydrogen) atoms. The standard InChI is InChI=1S/C40H40N2O4/c1-3-4-27-46-34-26-25-33(28-35(34)45-2)38(41-39(43)36(29-17-9-5-10-18-29)30-19-11-6-12-20-30)42-40(44)37(31-21-13-7-14-22-31)32-23-15-8-16-24-32/h5-26,28,36-38H,3-4,27H2,1-2H3,(H,41,43)(H,42,44). The van der Waals surface area contributed by atoms with E-state index in [0.29, 0.717) is 23.7 Å². The fourth-order valence-electron chi connectivity index (χ4n) is 5.54. The van der Waals surface area contributed by atoms with E-state index in [1.54, 1.807) is 7.11 Å². The summed E-state index contributed by atoms with van der Waals surface area (Å²) >= 11 is 0. The molecule has 0 unspecified atom stereocenters. The quantitative estimate of drug-likeness (QED) is 0.0993. The van der Waals surface area contributed by atoms with Crippen molar-refractivity contribution in [3.05, 3.63) is 167 Å². The Morgan fingerprint density at radius 1 is 0.565 bits per heavy atom. The molecule has 0 aliphatic carbocycles. The SMILES string of the molecule is CCCCOc1ccc(C(NC(=O)C(c2ccccc2)c2ccccc2)NC(=O)C(c2ccccc2)c2ccccc2)cc1OC. The van der Waals surface area contributed by atoms with Gasteiger partial charge in [-0.1, -0.05) is 141 Å². The first-order valence-corrected chi connectivity index (χ1v) is 15.7. The van der Waals surface area contributed by atoms with Crippen molar-refractivity contribution in [3.8, 4) is 11.5 Å². The molecule has 0 saturated carbocycles. The number of carbonyl (C=O) groups is 2. The van der Waals surface area contributed by atoms with Crippen LogP contribution in [0.3, 0.4) is 0 Å². The average molecular weight is 613 g/mol. The first kappa shape index (κ1) is 32.0. The summed E-state index contributed by atoms with van der Waals surface area (Å²) < 4.78 is 11.7. The molecule has 0 aromatic heterocycles. The predicted molar refractivity (Wildman–Crippen MR) is 182 cm³/mol. The zero-order chi connectivity index (χ0) is 32.1. The number of carbonyl (C=O) groups excluding carboxylic acids is 2. The summed E-state index contributed by atoms with van der Waals surface area (Å²) in [5.74, 6) is -0.568. The molecule has 0 fully saturated rings. The van der Waals surface area contributed by atoms with Gasteiger partial charge in [0.05, 0.1) is 25.6 Å². The largest absolute Gasteiger partial charge is 0.493 e. The lowest BCUT2D eigenvalue weighted by Crippen LogP contribution is -2.44. The summed E-state index contributed by atoms with van der Waals surface area (Å²) in [6.07, 6.45) is 1.05. The molecule has 6 heteroatoms. The van der Waals surface area contributed by atoms with Crippen molar-refractivity contribution in [1.82, 2.24) is 10.6 Å². The van der Waals surface area contributed by atoms with Crippen LogP contribution in [0.4, 0.5) is 0 Å². The highest BCUT2D eigenvalue weighted by molar-refractivity contribution is 5.90. The summed E-state index contributed by atoms with van der Waals surface area (Å²) in [5.41, 5.74) is 4.04. The lowest BCUT2D eigenvalue weighted by molar-refractivity contribution is -0.125. The zero-order valence-electron chi connectivity index (χ0n) is 26.3. The van der Waals surface area contributed by atoms with Crippen molar-refractivity contribution >= 4 is 11.8 Å². The maximum atomic E-state index is 14.3. The summed E-state index contributed by atoms with van der Waals surface area (Å²) in [5, 5.41) is 6.35. The van der Waals surface area contributed by atoms with Gasteiger partial charge in [0, 0.05) is 0 Å². The molecular formula is C40H40N2O4. The van der Waals surface area contributed by atoms with Crippen LogP contribution in [0.5, 0.6) is 11.5 Å². The molecule has 0 radical (unpaired) electrons. The Morgan fingerprint density at radius 2 is 0.978 bits per heavy atom. The molecule has 6 nitrogen and oxygen atoms in total. The van der Waals surface area contributed by atoms with Crippen molar-refractivity contribution in [2.45, 2.75) is 37.8 Å². The molecule has 0 heterocycles. The van der Waals surface area contributed by atoms with Crippen LogP contribution in [0.2, 0.25) is 0 Å². The summed E-state index contributed by atoms with van der Waals surface area (Å²) in [6, 6.07) is 44.1. The highest BCUT2D eigenvalue weighted by Gasteiger charge is 2.30. The van der Waals surface area contributed by atoms with E-state index in [4.69, 9.17) is 9.47 Å². The molecule has 234 valence electrons. The monoisotopic (exact) mass is 612 g/mol. The maximum absolute atomic E-state index is 14.3. The van der Waals surface area contributed by atoms with Gasteiger partial charge < -0.3 is 20.1 Å². The number of amides is 2. The van der Waals surface area contributed by atoms with E-state index < -0.39 is 18.0 Å². The Bertz CT molecular complexity index is 1500. The molecule has 0 aliphatic heterocycles. The lowest BCUT2D eigenvalue weighted by Gasteiger charge is -2.27. The highest BCUT2D eigenvalue weighted by atomic mass is 16.5. The molecule has 0 atom stereocenters. The molecule has 0 aliphatic rings. The molecule has 5 aromatic rings. The summed E-state index contributed by atoms with van der Waals surface area (Å²) in [7, 11) is 1.58. The summed E-state index contributed by atoms with van der Waals surface area (Å²) in [4.78, 5) is 28.6. The lowest BCUT2D eigenvalue weighted by atomic mass is 9.89. The van der Waals surface area contributed by atoms with Crippen molar-refractivity contribution in [2.24, 2.45) is 0 Å². The topological polar surface area (TPSA) is 76.7 Å². The van der Waals surface area contributed by atoms with E-state index in [1.807, 2.05) is 140 Å². The van der Waals surface area contributed by atoms with Gasteiger partial charge in [0.15, 0.2) is 11.5 Å². The third-order valence-corrected chi connectivity index (χ3v) is 7.91. The Hall–Kier alpha value is -5.36. The number of nitrogens with one attached hydrogen (secondary N) is 2. The number of unbranched alkanes of at least 4 members (excludes halogenated alkanes) is 1. The van der Waals surface area contributed by atoms with Crippen LogP contribution in [-0.2, 0) is 9.59 Å². The van der Waals surface area contributed by atoms with Gasteiger partial charge in [-0.3, -0.25) is 9.59 Å². The zero-order valence-corrected chi connectivity index (χ0v) is 26.3. The van der Waals surface area contributed by atoms with Crippen molar-refractivity contribution < 1.29 is 19.1 Å². The van der Waals surface area contributed by atoms with Crippen molar-refractivity contribution in [2.75, 3.05) is 13.7 Å². The van der Waals surface area contributed by atoms with E-state index in [2.05, 4.69) is 17.6 Å². The smallest absolute Gasteiger partial charge is 0.233 e. The number of hydrogen-bond acceptors (Lipinski definition) is 4. The first-order valence-electron chi connectivity index (χ1n) is 15.7.